The molecule has 3 aromatic rings. The number of aliphatic hydroxyl groups excluding tert-OH is 1. The highest BCUT2D eigenvalue weighted by Crippen LogP contribution is 2.41. The van der Waals surface area contributed by atoms with Crippen molar-refractivity contribution in [2.24, 2.45) is 0 Å². The summed E-state index contributed by atoms with van der Waals surface area (Å²) >= 11 is 0. The fourth-order valence-electron chi connectivity index (χ4n) is 4.63. The Labute approximate surface area is 208 Å². The number of hydrogen-bond acceptors (Lipinski definition) is 7. The van der Waals surface area contributed by atoms with Crippen molar-refractivity contribution in [1.29, 1.82) is 0 Å². The molecule has 10 heteroatoms. The molecule has 0 radical (unpaired) electrons. The number of carbonyl (C=O) groups excluding carboxylic acids is 3. The number of esters is 1. The molecule has 2 N–H and O–H groups in total. The number of ketones is 1. The second kappa shape index (κ2) is 10.1. The van der Waals surface area contributed by atoms with Gasteiger partial charge < -0.3 is 29.0 Å². The standard InChI is InChI=1S/C26H28N4O6/c1-15-19(16(2)28-21(15)26(34)36-4)23(31)20-22(17-6-8-18(35-3)9-7-17)30(25(33)24(20)32)12-5-11-29-13-10-27-14-29/h6-10,13-14,22,28,31H,5,11-12H2,1-4H3. The maximum atomic E-state index is 13.3. The van der Waals surface area contributed by atoms with Gasteiger partial charge in [0.15, 0.2) is 0 Å². The van der Waals surface area contributed by atoms with Gasteiger partial charge in [0.2, 0.25) is 0 Å². The monoisotopic (exact) mass is 492 g/mol. The van der Waals surface area contributed by atoms with Crippen LogP contribution in [-0.4, -0.2) is 63.0 Å². The van der Waals surface area contributed by atoms with E-state index < -0.39 is 23.7 Å². The summed E-state index contributed by atoms with van der Waals surface area (Å²) in [6.45, 7) is 4.22. The highest BCUT2D eigenvalue weighted by molar-refractivity contribution is 6.46. The molecule has 1 unspecified atom stereocenters. The van der Waals surface area contributed by atoms with E-state index in [9.17, 15) is 19.5 Å². The Hall–Kier alpha value is -4.34. The van der Waals surface area contributed by atoms with Crippen LogP contribution in [0.1, 0.15) is 45.3 Å². The summed E-state index contributed by atoms with van der Waals surface area (Å²) in [7, 11) is 2.81. The van der Waals surface area contributed by atoms with Gasteiger partial charge in [0, 0.05) is 36.7 Å². The topological polar surface area (TPSA) is 127 Å². The number of Topliss-reactive ketones (excluding diaryl/α,β-unsaturated/α-hetero) is 1. The molecule has 0 spiro atoms. The molecule has 4 rings (SSSR count). The van der Waals surface area contributed by atoms with E-state index in [4.69, 9.17) is 9.47 Å². The summed E-state index contributed by atoms with van der Waals surface area (Å²) in [5.74, 6) is -1.79. The van der Waals surface area contributed by atoms with Gasteiger partial charge in [-0.05, 0) is 43.5 Å². The molecule has 188 valence electrons. The maximum Gasteiger partial charge on any atom is 0.354 e. The van der Waals surface area contributed by atoms with E-state index in [1.165, 1.54) is 12.0 Å². The van der Waals surface area contributed by atoms with E-state index in [-0.39, 0.29) is 23.6 Å². The molecule has 0 saturated carbocycles. The first-order valence-corrected chi connectivity index (χ1v) is 11.4. The van der Waals surface area contributed by atoms with Crippen LogP contribution in [0.3, 0.4) is 0 Å². The van der Waals surface area contributed by atoms with Crippen LogP contribution in [0.5, 0.6) is 5.75 Å². The molecule has 1 atom stereocenters. The number of ether oxygens (including phenoxy) is 2. The Bertz CT molecular complexity index is 1320. The summed E-state index contributed by atoms with van der Waals surface area (Å²) in [6.07, 6.45) is 5.76. The van der Waals surface area contributed by atoms with Gasteiger partial charge in [-0.25, -0.2) is 9.78 Å². The molecule has 1 aliphatic rings. The number of rotatable bonds is 8. The summed E-state index contributed by atoms with van der Waals surface area (Å²) in [6, 6.07) is 6.20. The number of hydrogen-bond donors (Lipinski definition) is 2. The first kappa shape index (κ1) is 24.8. The maximum absolute atomic E-state index is 13.3. The average molecular weight is 493 g/mol. The van der Waals surface area contributed by atoms with Crippen molar-refractivity contribution in [1.82, 2.24) is 19.4 Å². The molecule has 10 nitrogen and oxygen atoms in total. The van der Waals surface area contributed by atoms with Crippen molar-refractivity contribution in [3.8, 4) is 5.75 Å². The SMILES string of the molecule is COC(=O)c1[nH]c(C)c(C(O)=C2C(=O)C(=O)N(CCCn3ccnc3)C2c2ccc(OC)cc2)c1C. The number of nitrogens with one attached hydrogen (secondary N) is 1. The van der Waals surface area contributed by atoms with Crippen molar-refractivity contribution in [2.75, 3.05) is 20.8 Å². The van der Waals surface area contributed by atoms with E-state index in [2.05, 4.69) is 9.97 Å². The van der Waals surface area contributed by atoms with Crippen LogP contribution in [-0.2, 0) is 20.9 Å². The quantitative estimate of drug-likeness (QED) is 0.214. The highest BCUT2D eigenvalue weighted by atomic mass is 16.5. The first-order valence-electron chi connectivity index (χ1n) is 11.4. The van der Waals surface area contributed by atoms with E-state index in [0.29, 0.717) is 41.1 Å². The predicted molar refractivity (Wildman–Crippen MR) is 130 cm³/mol. The van der Waals surface area contributed by atoms with Crippen LogP contribution < -0.4 is 4.74 Å². The number of amides is 1. The van der Waals surface area contributed by atoms with Gasteiger partial charge in [0.05, 0.1) is 32.2 Å². The lowest BCUT2D eigenvalue weighted by molar-refractivity contribution is -0.139. The predicted octanol–water partition coefficient (Wildman–Crippen LogP) is 3.14. The molecular weight excluding hydrogens is 464 g/mol. The lowest BCUT2D eigenvalue weighted by Gasteiger charge is -2.25. The number of aryl methyl sites for hydroxylation is 2. The van der Waals surface area contributed by atoms with Crippen molar-refractivity contribution < 1.29 is 29.0 Å². The van der Waals surface area contributed by atoms with Gasteiger partial charge in [-0.15, -0.1) is 0 Å². The van der Waals surface area contributed by atoms with Crippen molar-refractivity contribution in [3.63, 3.8) is 0 Å². The largest absolute Gasteiger partial charge is 0.507 e. The van der Waals surface area contributed by atoms with E-state index in [0.717, 1.165) is 0 Å². The zero-order valence-electron chi connectivity index (χ0n) is 20.6. The van der Waals surface area contributed by atoms with Gasteiger partial charge in [0.1, 0.15) is 17.2 Å². The van der Waals surface area contributed by atoms with Crippen LogP contribution >= 0.6 is 0 Å². The third kappa shape index (κ3) is 4.37. The van der Waals surface area contributed by atoms with Crippen LogP contribution in [0.15, 0.2) is 48.6 Å². The molecule has 1 saturated heterocycles. The number of methoxy groups -OCH3 is 2. The second-order valence-corrected chi connectivity index (χ2v) is 8.54. The number of nitrogens with zero attached hydrogens (tertiary/aromatic N) is 3. The number of carbonyl (C=O) groups is 3. The van der Waals surface area contributed by atoms with Crippen molar-refractivity contribution >= 4 is 23.4 Å². The van der Waals surface area contributed by atoms with Crippen LogP contribution in [0.25, 0.3) is 5.76 Å². The summed E-state index contributed by atoms with van der Waals surface area (Å²) in [5.41, 5.74) is 1.99. The molecule has 3 heterocycles. The lowest BCUT2D eigenvalue weighted by atomic mass is 9.94. The molecular formula is C26H28N4O6. The van der Waals surface area contributed by atoms with E-state index in [1.54, 1.807) is 57.7 Å². The number of imidazole rings is 1. The van der Waals surface area contributed by atoms with Gasteiger partial charge in [-0.3, -0.25) is 9.59 Å². The minimum absolute atomic E-state index is 0.0330. The molecule has 1 fully saturated rings. The Balaban J connectivity index is 1.80. The van der Waals surface area contributed by atoms with E-state index >= 15 is 0 Å². The molecule has 2 aromatic heterocycles. The highest BCUT2D eigenvalue weighted by Gasteiger charge is 2.46. The van der Waals surface area contributed by atoms with Crippen LogP contribution in [0, 0.1) is 13.8 Å². The van der Waals surface area contributed by atoms with Crippen molar-refractivity contribution in [2.45, 2.75) is 32.9 Å². The van der Waals surface area contributed by atoms with Gasteiger partial charge >= 0.3 is 5.97 Å². The van der Waals surface area contributed by atoms with Crippen molar-refractivity contribution in [3.05, 3.63) is 76.6 Å². The zero-order chi connectivity index (χ0) is 26.0. The van der Waals surface area contributed by atoms with Gasteiger partial charge in [0.25, 0.3) is 11.7 Å². The Morgan fingerprint density at radius 3 is 2.47 bits per heavy atom. The molecule has 0 bridgehead atoms. The minimum atomic E-state index is -0.811. The number of aliphatic hydroxyl groups is 1. The number of H-pyrrole nitrogens is 1. The summed E-state index contributed by atoms with van der Waals surface area (Å²) < 4.78 is 12.0. The molecule has 1 amide bonds. The Morgan fingerprint density at radius 2 is 1.86 bits per heavy atom. The van der Waals surface area contributed by atoms with Crippen LogP contribution in [0.2, 0.25) is 0 Å². The third-order valence-corrected chi connectivity index (χ3v) is 6.41. The zero-order valence-corrected chi connectivity index (χ0v) is 20.6. The summed E-state index contributed by atoms with van der Waals surface area (Å²) in [5, 5.41) is 11.4. The fraction of sp³-hybridized carbons (Fsp3) is 0.308. The average Bonchev–Trinajstić information content (AvgIpc) is 3.57. The molecule has 1 aromatic carbocycles. The molecule has 1 aliphatic heterocycles. The third-order valence-electron chi connectivity index (χ3n) is 6.41. The Kier molecular flexibility index (Phi) is 6.96. The molecule has 36 heavy (non-hydrogen) atoms. The molecule has 0 aliphatic carbocycles. The number of benzene rings is 1. The minimum Gasteiger partial charge on any atom is -0.507 e. The second-order valence-electron chi connectivity index (χ2n) is 8.54. The summed E-state index contributed by atoms with van der Waals surface area (Å²) in [4.78, 5) is 47.1. The number of aromatic amines is 1. The number of aromatic nitrogens is 3. The fourth-order valence-corrected chi connectivity index (χ4v) is 4.63. The Morgan fingerprint density at radius 1 is 1.14 bits per heavy atom. The van der Waals surface area contributed by atoms with Gasteiger partial charge in [-0.1, -0.05) is 12.1 Å². The normalized spacial score (nSPS) is 17.0. The van der Waals surface area contributed by atoms with Crippen LogP contribution in [0.4, 0.5) is 0 Å². The first-order chi connectivity index (χ1) is 17.3. The lowest BCUT2D eigenvalue weighted by Crippen LogP contribution is -2.31. The smallest absolute Gasteiger partial charge is 0.354 e. The number of likely N-dealkylation sites (tertiary alicyclic amines) is 1. The van der Waals surface area contributed by atoms with Gasteiger partial charge in [-0.2, -0.15) is 0 Å². The van der Waals surface area contributed by atoms with E-state index in [1.807, 2.05) is 10.8 Å².